The zero-order chi connectivity index (χ0) is 24.4. The summed E-state index contributed by atoms with van der Waals surface area (Å²) in [5, 5.41) is 24.6. The van der Waals surface area contributed by atoms with E-state index in [1.54, 1.807) is 18.5 Å². The van der Waals surface area contributed by atoms with Crippen molar-refractivity contribution in [3.63, 3.8) is 0 Å². The molecule has 0 unspecified atom stereocenters. The Balaban J connectivity index is 1.33. The van der Waals surface area contributed by atoms with E-state index in [9.17, 15) is 14.7 Å². The normalized spacial score (nSPS) is 16.3. The summed E-state index contributed by atoms with van der Waals surface area (Å²) in [6.45, 7) is 2.13. The maximum atomic E-state index is 13.2. The van der Waals surface area contributed by atoms with Crippen molar-refractivity contribution in [1.82, 2.24) is 15.6 Å². The highest BCUT2D eigenvalue weighted by molar-refractivity contribution is 7.13. The maximum Gasteiger partial charge on any atom is 0.275 e. The third-order valence-corrected chi connectivity index (χ3v) is 7.43. The molecular formula is C25H27N5O4S. The van der Waals surface area contributed by atoms with Crippen molar-refractivity contribution >= 4 is 34.5 Å². The largest absolute Gasteiger partial charge is 0.508 e. The lowest BCUT2D eigenvalue weighted by atomic mass is 9.87. The van der Waals surface area contributed by atoms with Crippen molar-refractivity contribution in [3.8, 4) is 22.1 Å². The highest BCUT2D eigenvalue weighted by atomic mass is 32.1. The monoisotopic (exact) mass is 493 g/mol. The smallest absolute Gasteiger partial charge is 0.275 e. The number of aromatic hydroxyl groups is 1. The number of likely N-dealkylation sites (N-methyl/N-ethyl adjacent to an activating group) is 1. The Kier molecular flexibility index (Phi) is 6.42. The summed E-state index contributed by atoms with van der Waals surface area (Å²) in [5.41, 5.74) is 2.34. The number of nitrogens with one attached hydrogen (secondary N) is 4. The zero-order valence-corrected chi connectivity index (χ0v) is 20.1. The molecule has 0 bridgehead atoms. The van der Waals surface area contributed by atoms with Crippen molar-refractivity contribution in [1.29, 1.82) is 0 Å². The molecule has 0 radical (unpaired) electrons. The number of carbonyl (C=O) groups excluding carboxylic acids is 2. The molecule has 5 N–H and O–H groups in total. The minimum atomic E-state index is -0.720. The second-order valence-electron chi connectivity index (χ2n) is 8.68. The Morgan fingerprint density at radius 2 is 1.94 bits per heavy atom. The molecule has 10 heteroatoms. The van der Waals surface area contributed by atoms with Crippen molar-refractivity contribution in [2.24, 2.45) is 0 Å². The highest BCUT2D eigenvalue weighted by Crippen LogP contribution is 2.33. The fourth-order valence-corrected chi connectivity index (χ4v) is 5.24. The van der Waals surface area contributed by atoms with E-state index < -0.39 is 11.4 Å². The van der Waals surface area contributed by atoms with Gasteiger partial charge in [-0.1, -0.05) is 0 Å². The number of thiazole rings is 1. The number of piperidine rings is 1. The Morgan fingerprint density at radius 1 is 1.11 bits per heavy atom. The second-order valence-corrected chi connectivity index (χ2v) is 9.54. The molecule has 5 rings (SSSR count). The van der Waals surface area contributed by atoms with Crippen LogP contribution in [-0.2, 0) is 11.2 Å². The summed E-state index contributed by atoms with van der Waals surface area (Å²) in [5.74, 6) is 0.274. The number of hydrogen-bond donors (Lipinski definition) is 5. The van der Waals surface area contributed by atoms with Crippen LogP contribution in [0.5, 0.6) is 11.5 Å². The summed E-state index contributed by atoms with van der Waals surface area (Å²) in [7, 11) is 1.77. The first kappa shape index (κ1) is 23.3. The molecule has 2 amide bonds. The van der Waals surface area contributed by atoms with Gasteiger partial charge in [-0.05, 0) is 68.9 Å². The fraction of sp³-hybridized carbons (Fsp3) is 0.320. The molecule has 2 aliphatic rings. The number of ether oxygens (including phenoxy) is 1. The SMILES string of the molecule is CNC1(C(=O)Nc2cc(O)ccc2NC(=O)c2csc(-c3ccc4c(c3)CCO4)n2)CCNCC1. The molecule has 182 valence electrons. The quantitative estimate of drug-likeness (QED) is 0.334. The number of carbonyl (C=O) groups is 2. The van der Waals surface area contributed by atoms with Crippen molar-refractivity contribution < 1.29 is 19.4 Å². The number of amides is 2. The van der Waals surface area contributed by atoms with Crippen molar-refractivity contribution in [3.05, 3.63) is 53.0 Å². The fourth-order valence-electron chi connectivity index (χ4n) is 4.45. The van der Waals surface area contributed by atoms with Crippen LogP contribution in [0.25, 0.3) is 10.6 Å². The second kappa shape index (κ2) is 9.65. The number of phenols is 1. The van der Waals surface area contributed by atoms with E-state index in [1.165, 1.54) is 23.5 Å². The lowest BCUT2D eigenvalue weighted by Gasteiger charge is -2.36. The summed E-state index contributed by atoms with van der Waals surface area (Å²) in [4.78, 5) is 30.7. The molecule has 35 heavy (non-hydrogen) atoms. The molecule has 3 heterocycles. The molecule has 0 spiro atoms. The third-order valence-electron chi connectivity index (χ3n) is 6.54. The molecule has 9 nitrogen and oxygen atoms in total. The number of rotatable bonds is 6. The highest BCUT2D eigenvalue weighted by Gasteiger charge is 2.38. The van der Waals surface area contributed by atoms with Gasteiger partial charge in [-0.25, -0.2) is 4.98 Å². The van der Waals surface area contributed by atoms with E-state index >= 15 is 0 Å². The van der Waals surface area contributed by atoms with E-state index in [-0.39, 0.29) is 17.4 Å². The van der Waals surface area contributed by atoms with Crippen molar-refractivity contribution in [2.75, 3.05) is 37.4 Å². The van der Waals surface area contributed by atoms with Crippen LogP contribution in [0, 0.1) is 0 Å². The van der Waals surface area contributed by atoms with Crippen LogP contribution in [-0.4, -0.2) is 54.2 Å². The van der Waals surface area contributed by atoms with Crippen LogP contribution in [0.2, 0.25) is 0 Å². The van der Waals surface area contributed by atoms with Gasteiger partial charge in [0.1, 0.15) is 27.7 Å². The van der Waals surface area contributed by atoms with Gasteiger partial charge in [-0.2, -0.15) is 0 Å². The van der Waals surface area contributed by atoms with Gasteiger partial charge in [-0.3, -0.25) is 9.59 Å². The number of phenolic OH excluding ortho intramolecular Hbond substituents is 1. The first-order valence-electron chi connectivity index (χ1n) is 11.5. The van der Waals surface area contributed by atoms with Gasteiger partial charge >= 0.3 is 0 Å². The number of hydrogen-bond acceptors (Lipinski definition) is 8. The number of aromatic nitrogens is 1. The first-order valence-corrected chi connectivity index (χ1v) is 12.4. The molecule has 1 saturated heterocycles. The Labute approximate surface area is 206 Å². The van der Waals surface area contributed by atoms with Gasteiger partial charge in [0, 0.05) is 23.4 Å². The van der Waals surface area contributed by atoms with Gasteiger partial charge in [0.25, 0.3) is 5.91 Å². The number of nitrogens with zero attached hydrogens (tertiary/aromatic N) is 1. The van der Waals surface area contributed by atoms with Crippen LogP contribution >= 0.6 is 11.3 Å². The predicted octanol–water partition coefficient (Wildman–Crippen LogP) is 2.98. The molecular weight excluding hydrogens is 466 g/mol. The standard InChI is InChI=1S/C25H27N5O4S/c1-26-25(7-9-27-10-8-25)24(33)30-19-13-17(31)3-4-18(19)28-22(32)20-14-35-23(29-20)16-2-5-21-15(12-16)6-11-34-21/h2-5,12-14,26-27,31H,6-11H2,1H3,(H,28,32)(H,30,33). The first-order chi connectivity index (χ1) is 17.0. The molecule has 2 aliphatic heterocycles. The Bertz CT molecular complexity index is 1270. The minimum absolute atomic E-state index is 0.0151. The van der Waals surface area contributed by atoms with E-state index in [0.29, 0.717) is 30.8 Å². The molecule has 0 aliphatic carbocycles. The molecule has 3 aromatic rings. The number of anilines is 2. The average Bonchev–Trinajstić information content (AvgIpc) is 3.55. The summed E-state index contributed by atoms with van der Waals surface area (Å²) >= 11 is 1.39. The molecule has 1 aromatic heterocycles. The minimum Gasteiger partial charge on any atom is -0.508 e. The van der Waals surface area contributed by atoms with Crippen LogP contribution in [0.4, 0.5) is 11.4 Å². The maximum absolute atomic E-state index is 13.2. The van der Waals surface area contributed by atoms with E-state index in [1.807, 2.05) is 12.1 Å². The van der Waals surface area contributed by atoms with Gasteiger partial charge in [0.2, 0.25) is 5.91 Å². The number of benzene rings is 2. The summed E-state index contributed by atoms with van der Waals surface area (Å²) in [6, 6.07) is 10.4. The topological polar surface area (TPSA) is 125 Å². The average molecular weight is 494 g/mol. The van der Waals surface area contributed by atoms with Gasteiger partial charge in [-0.15, -0.1) is 11.3 Å². The zero-order valence-electron chi connectivity index (χ0n) is 19.3. The summed E-state index contributed by atoms with van der Waals surface area (Å²) in [6.07, 6.45) is 2.13. The van der Waals surface area contributed by atoms with Crippen molar-refractivity contribution in [2.45, 2.75) is 24.8 Å². The van der Waals surface area contributed by atoms with Crippen LogP contribution in [0.15, 0.2) is 41.8 Å². The van der Waals surface area contributed by atoms with Gasteiger partial charge < -0.3 is 31.1 Å². The molecule has 1 fully saturated rings. The van der Waals surface area contributed by atoms with Crippen LogP contribution in [0.3, 0.4) is 0 Å². The lowest BCUT2D eigenvalue weighted by molar-refractivity contribution is -0.123. The van der Waals surface area contributed by atoms with E-state index in [4.69, 9.17) is 4.74 Å². The van der Waals surface area contributed by atoms with Gasteiger partial charge in [0.05, 0.1) is 18.0 Å². The van der Waals surface area contributed by atoms with E-state index in [2.05, 4.69) is 32.3 Å². The van der Waals surface area contributed by atoms with Gasteiger partial charge in [0.15, 0.2) is 0 Å². The Hall–Kier alpha value is -3.47. The molecule has 0 saturated carbocycles. The van der Waals surface area contributed by atoms with Crippen LogP contribution in [0.1, 0.15) is 28.9 Å². The summed E-state index contributed by atoms with van der Waals surface area (Å²) < 4.78 is 5.56. The number of fused-ring (bicyclic) bond motifs is 1. The lowest BCUT2D eigenvalue weighted by Crippen LogP contribution is -2.58. The molecule has 0 atom stereocenters. The molecule has 2 aromatic carbocycles. The predicted molar refractivity (Wildman–Crippen MR) is 135 cm³/mol. The Morgan fingerprint density at radius 3 is 2.74 bits per heavy atom. The van der Waals surface area contributed by atoms with E-state index in [0.717, 1.165) is 41.4 Å². The third kappa shape index (κ3) is 4.72. The van der Waals surface area contributed by atoms with Crippen LogP contribution < -0.4 is 26.0 Å².